The first-order valence-electron chi connectivity index (χ1n) is 49.2. The van der Waals surface area contributed by atoms with Crippen LogP contribution >= 0.6 is 0 Å². The summed E-state index contributed by atoms with van der Waals surface area (Å²) in [5, 5.41) is 31.6. The molecule has 748 valence electrons. The standard InChI is InChI=1S/C29H35N3O.C27H26O6.C20H18O4.C19H30O3.C16H14O2.C12H16O/c1-27(2,3)19-28(4,5)21-17-22(29(6,7)20-13-9-8-10-14-20)26(33)25(18-21)32-30-23-15-11-12-16-24(23)31-32;1-2-27(18-31-24(28)21-12-6-3-7-13-21,19-32-25(29)22-14-8-4-9-15-22)20-33-26(30)23-16-10-5-11-17-23;1-9-5-11(3)17-13(7-9)15(19(21)23-17)16-14-8-10(2)6-12(4)18(14)24-20(16)22;1-8-22-16(20)10-9-13-11-14(18(2,3)4)17(21)15(12-13)19(5,6)7;1-10-8-11(2)15-13(9-10)14(16(17)18-15)12-6-4-3-5-7-12;1-8-5-9(2)11-10(6-8)7-12(3,4)13-11/h8-18,33H,19H2,1-7H3;3-17H,2,18-20H2,1H3;5-8,15-16H,1-4H3;11-12,21H,8-10H2,1-7H3;3-9,14H,1-2H3;5-6H,7H2,1-4H3. The topological polar surface area (TPSA) is 264 Å². The lowest BCUT2D eigenvalue weighted by molar-refractivity contribution is -0.143. The molecule has 20 heteroatoms. The predicted molar refractivity (Wildman–Crippen MR) is 562 cm³/mol. The van der Waals surface area contributed by atoms with Crippen molar-refractivity contribution in [2.75, 3.05) is 26.4 Å². The number of ether oxygens (including phenoxy) is 8. The average molecular weight is 1930 g/mol. The zero-order valence-electron chi connectivity index (χ0n) is 87.6. The molecule has 4 aliphatic rings. The molecule has 3 atom stereocenters. The molecule has 0 saturated heterocycles. The third-order valence-corrected chi connectivity index (χ3v) is 26.2. The largest absolute Gasteiger partial charge is 0.507 e. The summed E-state index contributed by atoms with van der Waals surface area (Å²) in [7, 11) is 0. The first-order valence-corrected chi connectivity index (χ1v) is 49.2. The fourth-order valence-corrected chi connectivity index (χ4v) is 19.2. The van der Waals surface area contributed by atoms with Gasteiger partial charge in [0, 0.05) is 40.5 Å². The molecule has 0 amide bonds. The van der Waals surface area contributed by atoms with Crippen molar-refractivity contribution in [3.8, 4) is 40.2 Å². The van der Waals surface area contributed by atoms with Crippen molar-refractivity contribution in [1.82, 2.24) is 15.0 Å². The summed E-state index contributed by atoms with van der Waals surface area (Å²) in [6.07, 6.45) is 3.48. The number of aromatic hydroxyl groups is 2. The summed E-state index contributed by atoms with van der Waals surface area (Å²) in [5.41, 5.74) is 21.6. The molecule has 0 fully saturated rings. The molecule has 20 nitrogen and oxygen atoms in total. The van der Waals surface area contributed by atoms with Gasteiger partial charge in [0.15, 0.2) is 0 Å². The number of aromatic nitrogens is 3. The Kier molecular flexibility index (Phi) is 33.8. The van der Waals surface area contributed by atoms with E-state index in [4.69, 9.17) is 37.9 Å². The lowest BCUT2D eigenvalue weighted by atomic mass is 9.70. The molecule has 0 radical (unpaired) electrons. The Bertz CT molecular complexity index is 6500. The van der Waals surface area contributed by atoms with E-state index in [-0.39, 0.29) is 82.6 Å². The van der Waals surface area contributed by atoms with Gasteiger partial charge in [-0.2, -0.15) is 0 Å². The summed E-state index contributed by atoms with van der Waals surface area (Å²) in [6, 6.07) is 78.3. The highest BCUT2D eigenvalue weighted by atomic mass is 16.6. The van der Waals surface area contributed by atoms with E-state index in [1.54, 1.807) is 95.8 Å². The number of fused-ring (bicyclic) bond motifs is 5. The number of benzene rings is 12. The SMILES string of the molecule is CC(C)(C)CC(C)(C)c1cc(-n2nc3ccccc3n2)c(O)c(C(C)(C)c2ccccc2)c1.CCC(COC(=O)c1ccccc1)(COC(=O)c1ccccc1)COC(=O)c1ccccc1.CCOC(=O)CCc1cc(C(C)(C)C)c(O)c(C(C)(C)C)c1.Cc1cc(C)c2c(c1)C(C1C(=O)Oc3c(C)cc(C)cc31)C(=O)O2.Cc1cc(C)c2c(c1)C(c1ccccc1)C(=O)O2.Cc1cc(C)c2c(c1)CC(C)(C)O2. The summed E-state index contributed by atoms with van der Waals surface area (Å²) in [6.45, 7) is 52.4. The first kappa shape index (κ1) is 108. The van der Waals surface area contributed by atoms with Gasteiger partial charge in [0.2, 0.25) is 0 Å². The second kappa shape index (κ2) is 44.9. The minimum atomic E-state index is -0.903. The number of esters is 7. The minimum Gasteiger partial charge on any atom is -0.507 e. The number of aryl methyl sites for hydroxylation is 9. The van der Waals surface area contributed by atoms with Crippen molar-refractivity contribution in [2.24, 2.45) is 10.8 Å². The van der Waals surface area contributed by atoms with Crippen molar-refractivity contribution in [1.29, 1.82) is 0 Å². The highest BCUT2D eigenvalue weighted by Crippen LogP contribution is 2.53. The van der Waals surface area contributed by atoms with Crippen LogP contribution in [0.25, 0.3) is 16.7 Å². The Morgan fingerprint density at radius 2 is 0.811 bits per heavy atom. The molecule has 143 heavy (non-hydrogen) atoms. The van der Waals surface area contributed by atoms with E-state index in [1.165, 1.54) is 22.3 Å². The maximum Gasteiger partial charge on any atom is 0.338 e. The van der Waals surface area contributed by atoms with E-state index in [2.05, 4.69) is 164 Å². The van der Waals surface area contributed by atoms with Crippen molar-refractivity contribution in [3.05, 3.63) is 371 Å². The van der Waals surface area contributed by atoms with E-state index in [0.29, 0.717) is 65.5 Å². The molecule has 4 aliphatic heterocycles. The van der Waals surface area contributed by atoms with Crippen molar-refractivity contribution < 1.29 is 81.7 Å². The molecule has 0 aliphatic carbocycles. The molecule has 0 bridgehead atoms. The van der Waals surface area contributed by atoms with Crippen molar-refractivity contribution in [3.63, 3.8) is 0 Å². The number of phenols is 2. The van der Waals surface area contributed by atoms with Gasteiger partial charge in [-0.05, 0) is 233 Å². The molecule has 5 heterocycles. The molecular formula is C123H139N3O17. The smallest absolute Gasteiger partial charge is 0.338 e. The third kappa shape index (κ3) is 26.6. The molecule has 12 aromatic carbocycles. The number of hydrogen-bond donors (Lipinski definition) is 2. The van der Waals surface area contributed by atoms with Gasteiger partial charge >= 0.3 is 41.8 Å². The Hall–Kier alpha value is -14.3. The van der Waals surface area contributed by atoms with E-state index < -0.39 is 40.6 Å². The number of hydrogen-bond acceptors (Lipinski definition) is 19. The summed E-state index contributed by atoms with van der Waals surface area (Å²) >= 11 is 0. The zero-order chi connectivity index (χ0) is 104. The van der Waals surface area contributed by atoms with Gasteiger partial charge in [-0.3, -0.25) is 19.2 Å². The lowest BCUT2D eigenvalue weighted by Crippen LogP contribution is -2.39. The van der Waals surface area contributed by atoms with Crippen molar-refractivity contribution >= 4 is 52.8 Å². The monoisotopic (exact) mass is 1930 g/mol. The average Bonchev–Trinajstić information content (AvgIpc) is 1.62. The van der Waals surface area contributed by atoms with Crippen LogP contribution < -0.4 is 18.9 Å². The molecular weight excluding hydrogens is 1790 g/mol. The molecule has 1 aromatic heterocycles. The maximum absolute atomic E-state index is 12.6. The maximum atomic E-state index is 12.6. The van der Waals surface area contributed by atoms with Crippen molar-refractivity contribution in [2.45, 2.75) is 250 Å². The van der Waals surface area contributed by atoms with Gasteiger partial charge in [-0.25, -0.2) is 14.4 Å². The number of nitrogens with zero attached hydrogens (tertiary/aromatic N) is 3. The van der Waals surface area contributed by atoms with Crippen LogP contribution in [0, 0.1) is 66.2 Å². The molecule has 0 spiro atoms. The van der Waals surface area contributed by atoms with Crippen LogP contribution in [0.4, 0.5) is 0 Å². The number of phenolic OH excluding ortho intramolecular Hbond substituents is 2. The molecule has 17 rings (SSSR count). The van der Waals surface area contributed by atoms with Crippen LogP contribution in [0.3, 0.4) is 0 Å². The van der Waals surface area contributed by atoms with Gasteiger partial charge in [0.25, 0.3) is 0 Å². The summed E-state index contributed by atoms with van der Waals surface area (Å²) in [4.78, 5) is 87.9. The molecule has 0 saturated carbocycles. The van der Waals surface area contributed by atoms with Crippen LogP contribution in [-0.4, -0.2) is 99.0 Å². The Morgan fingerprint density at radius 1 is 0.427 bits per heavy atom. The molecule has 3 unspecified atom stereocenters. The summed E-state index contributed by atoms with van der Waals surface area (Å²) < 4.78 is 43.9. The first-order chi connectivity index (χ1) is 67.4. The van der Waals surface area contributed by atoms with Gasteiger partial charge < -0.3 is 48.1 Å². The van der Waals surface area contributed by atoms with E-state index in [1.807, 2.05) is 177 Å². The van der Waals surface area contributed by atoms with Crippen LogP contribution in [0.5, 0.6) is 34.5 Å². The third-order valence-electron chi connectivity index (χ3n) is 26.2. The second-order valence-corrected chi connectivity index (χ2v) is 43.2. The number of carbonyl (C=O) groups excluding carboxylic acids is 7. The highest BCUT2D eigenvalue weighted by molar-refractivity contribution is 5.98. The lowest BCUT2D eigenvalue weighted by Gasteiger charge is -2.35. The van der Waals surface area contributed by atoms with E-state index in [0.717, 1.165) is 119 Å². The number of rotatable bonds is 21. The van der Waals surface area contributed by atoms with Crippen LogP contribution in [0.1, 0.15) is 291 Å². The van der Waals surface area contributed by atoms with Gasteiger partial charge in [0.05, 0.1) is 28.7 Å². The Morgan fingerprint density at radius 3 is 1.22 bits per heavy atom. The van der Waals surface area contributed by atoms with Crippen LogP contribution in [-0.2, 0) is 72.6 Å². The van der Waals surface area contributed by atoms with Crippen LogP contribution in [0.2, 0.25) is 0 Å². The van der Waals surface area contributed by atoms with Gasteiger partial charge in [0.1, 0.15) is 94.4 Å². The van der Waals surface area contributed by atoms with Gasteiger partial charge in [-0.1, -0.05) is 313 Å². The second-order valence-electron chi connectivity index (χ2n) is 43.2. The highest BCUT2D eigenvalue weighted by Gasteiger charge is 2.50. The van der Waals surface area contributed by atoms with E-state index in [9.17, 15) is 43.8 Å². The quantitative estimate of drug-likeness (QED) is 0.0384. The molecule has 2 N–H and O–H groups in total. The molecule has 13 aromatic rings. The zero-order valence-corrected chi connectivity index (χ0v) is 87.6. The minimum absolute atomic E-state index is 0.0130. The van der Waals surface area contributed by atoms with Crippen LogP contribution in [0.15, 0.2) is 249 Å². The normalized spacial score (nSPS) is 14.8. The fraction of sp³-hybridized carbons (Fsp3) is 0.358. The summed E-state index contributed by atoms with van der Waals surface area (Å²) in [5.74, 6) is -0.583. The number of carbonyl (C=O) groups is 7. The Labute approximate surface area is 843 Å². The Balaban J connectivity index is 0.000000157. The fourth-order valence-electron chi connectivity index (χ4n) is 19.2. The van der Waals surface area contributed by atoms with Gasteiger partial charge in [-0.15, -0.1) is 15.0 Å². The van der Waals surface area contributed by atoms with E-state index >= 15 is 0 Å². The predicted octanol–water partition coefficient (Wildman–Crippen LogP) is 26.6.